The van der Waals surface area contributed by atoms with Gasteiger partial charge in [0.2, 0.25) is 5.91 Å². The average molecular weight is 424 g/mol. The third-order valence-corrected chi connectivity index (χ3v) is 4.38. The summed E-state index contributed by atoms with van der Waals surface area (Å²) < 4.78 is 0.973. The number of halogens is 1. The number of nitrogens with zero attached hydrogens (tertiary/aromatic N) is 1. The van der Waals surface area contributed by atoms with Crippen LogP contribution in [0.5, 0.6) is 0 Å². The van der Waals surface area contributed by atoms with E-state index in [-0.39, 0.29) is 11.8 Å². The number of benzene rings is 2. The van der Waals surface area contributed by atoms with Crippen molar-refractivity contribution >= 4 is 39.1 Å². The highest BCUT2D eigenvalue weighted by molar-refractivity contribution is 9.10. The van der Waals surface area contributed by atoms with Gasteiger partial charge in [-0.1, -0.05) is 34.1 Å². The summed E-state index contributed by atoms with van der Waals surface area (Å²) in [6, 6.07) is 18.4. The van der Waals surface area contributed by atoms with Gasteiger partial charge in [-0.05, 0) is 49.4 Å². The summed E-state index contributed by atoms with van der Waals surface area (Å²) in [6.45, 7) is 3.25. The van der Waals surface area contributed by atoms with Crippen molar-refractivity contribution in [3.63, 3.8) is 0 Å². The predicted octanol–water partition coefficient (Wildman–Crippen LogP) is 5.03. The van der Waals surface area contributed by atoms with E-state index in [9.17, 15) is 9.59 Å². The first kappa shape index (κ1) is 18.8. The summed E-state index contributed by atoms with van der Waals surface area (Å²) in [5.41, 5.74) is 4.14. The lowest BCUT2D eigenvalue weighted by Crippen LogP contribution is -2.14. The Labute approximate surface area is 166 Å². The number of amides is 2. The molecule has 0 spiro atoms. The molecule has 1 aromatic heterocycles. The zero-order valence-corrected chi connectivity index (χ0v) is 16.5. The first-order valence-electron chi connectivity index (χ1n) is 8.35. The minimum atomic E-state index is -0.249. The monoisotopic (exact) mass is 423 g/mol. The molecule has 0 aliphatic carbocycles. The van der Waals surface area contributed by atoms with E-state index in [4.69, 9.17) is 0 Å². The number of anilines is 2. The van der Waals surface area contributed by atoms with Crippen LogP contribution in [0.3, 0.4) is 0 Å². The van der Waals surface area contributed by atoms with Crippen LogP contribution in [0, 0.1) is 6.92 Å². The van der Waals surface area contributed by atoms with Gasteiger partial charge in [0, 0.05) is 28.3 Å². The van der Waals surface area contributed by atoms with E-state index in [0.29, 0.717) is 22.6 Å². The van der Waals surface area contributed by atoms with Crippen LogP contribution >= 0.6 is 15.9 Å². The van der Waals surface area contributed by atoms with Gasteiger partial charge >= 0.3 is 0 Å². The van der Waals surface area contributed by atoms with Crippen molar-refractivity contribution in [1.82, 2.24) is 4.98 Å². The van der Waals surface area contributed by atoms with Crippen LogP contribution in [0.4, 0.5) is 11.4 Å². The van der Waals surface area contributed by atoms with Crippen LogP contribution < -0.4 is 10.6 Å². The second-order valence-corrected chi connectivity index (χ2v) is 6.97. The lowest BCUT2D eigenvalue weighted by atomic mass is 10.1. The fourth-order valence-corrected chi connectivity index (χ4v) is 3.09. The van der Waals surface area contributed by atoms with Crippen molar-refractivity contribution in [2.24, 2.45) is 0 Å². The van der Waals surface area contributed by atoms with Gasteiger partial charge in [-0.15, -0.1) is 0 Å². The summed E-state index contributed by atoms with van der Waals surface area (Å²) in [5.74, 6) is -0.414. The third kappa shape index (κ3) is 4.80. The summed E-state index contributed by atoms with van der Waals surface area (Å²) >= 11 is 3.46. The van der Waals surface area contributed by atoms with E-state index < -0.39 is 0 Å². The Kier molecular flexibility index (Phi) is 5.66. The maximum absolute atomic E-state index is 12.6. The lowest BCUT2D eigenvalue weighted by molar-refractivity contribution is -0.114. The molecule has 0 aliphatic heterocycles. The standard InChI is InChI=1S/C21H18BrN3O2/c1-13-19(9-10-20(23-13)15-5-3-6-16(22)11-15)21(27)25-18-8-4-7-17(12-18)24-14(2)26/h3-12H,1-2H3,(H,24,26)(H,25,27). The maximum Gasteiger partial charge on any atom is 0.257 e. The molecule has 0 saturated heterocycles. The number of carbonyl (C=O) groups excluding carboxylic acids is 2. The first-order chi connectivity index (χ1) is 12.9. The Bertz CT molecular complexity index is 1020. The van der Waals surface area contributed by atoms with Crippen LogP contribution in [0.25, 0.3) is 11.3 Å². The minimum absolute atomic E-state index is 0.165. The average Bonchev–Trinajstić information content (AvgIpc) is 2.61. The number of rotatable bonds is 4. The fraction of sp³-hybridized carbons (Fsp3) is 0.0952. The molecule has 5 nitrogen and oxygen atoms in total. The molecular formula is C21H18BrN3O2. The van der Waals surface area contributed by atoms with Crippen molar-refractivity contribution in [2.45, 2.75) is 13.8 Å². The maximum atomic E-state index is 12.6. The van der Waals surface area contributed by atoms with Gasteiger partial charge in [-0.2, -0.15) is 0 Å². The van der Waals surface area contributed by atoms with Gasteiger partial charge < -0.3 is 10.6 Å². The second kappa shape index (κ2) is 8.14. The fourth-order valence-electron chi connectivity index (χ4n) is 2.69. The molecule has 0 aliphatic rings. The highest BCUT2D eigenvalue weighted by Gasteiger charge is 2.12. The summed E-state index contributed by atoms with van der Waals surface area (Å²) in [6.07, 6.45) is 0. The Morgan fingerprint density at radius 1 is 0.926 bits per heavy atom. The molecule has 1 heterocycles. The van der Waals surface area contributed by atoms with Crippen LogP contribution in [0.1, 0.15) is 23.0 Å². The van der Waals surface area contributed by atoms with Crippen LogP contribution in [-0.4, -0.2) is 16.8 Å². The number of nitrogens with one attached hydrogen (secondary N) is 2. The van der Waals surface area contributed by atoms with E-state index in [1.807, 2.05) is 37.3 Å². The van der Waals surface area contributed by atoms with Crippen molar-refractivity contribution in [1.29, 1.82) is 0 Å². The third-order valence-electron chi connectivity index (χ3n) is 3.89. The van der Waals surface area contributed by atoms with E-state index >= 15 is 0 Å². The van der Waals surface area contributed by atoms with Gasteiger partial charge in [-0.3, -0.25) is 14.6 Å². The van der Waals surface area contributed by atoms with Gasteiger partial charge in [0.15, 0.2) is 0 Å². The van der Waals surface area contributed by atoms with E-state index in [1.54, 1.807) is 30.3 Å². The molecule has 2 amide bonds. The highest BCUT2D eigenvalue weighted by Crippen LogP contribution is 2.23. The summed E-state index contributed by atoms with van der Waals surface area (Å²) in [5, 5.41) is 5.54. The van der Waals surface area contributed by atoms with Crippen molar-refractivity contribution in [2.75, 3.05) is 10.6 Å². The van der Waals surface area contributed by atoms with Crippen LogP contribution in [-0.2, 0) is 4.79 Å². The molecule has 3 aromatic rings. The Morgan fingerprint density at radius 3 is 2.30 bits per heavy atom. The second-order valence-electron chi connectivity index (χ2n) is 6.06. The Morgan fingerprint density at radius 2 is 1.63 bits per heavy atom. The van der Waals surface area contributed by atoms with Crippen molar-refractivity contribution in [3.05, 3.63) is 76.4 Å². The number of aryl methyl sites for hydroxylation is 1. The largest absolute Gasteiger partial charge is 0.326 e. The molecule has 0 radical (unpaired) electrons. The Hall–Kier alpha value is -2.99. The van der Waals surface area contributed by atoms with E-state index in [1.165, 1.54) is 6.92 Å². The summed E-state index contributed by atoms with van der Waals surface area (Å²) in [7, 11) is 0. The molecule has 0 atom stereocenters. The van der Waals surface area contributed by atoms with Gasteiger partial charge in [0.05, 0.1) is 17.0 Å². The molecule has 0 fully saturated rings. The zero-order chi connectivity index (χ0) is 19.4. The number of hydrogen-bond acceptors (Lipinski definition) is 3. The predicted molar refractivity (Wildman–Crippen MR) is 111 cm³/mol. The van der Waals surface area contributed by atoms with Gasteiger partial charge in [0.25, 0.3) is 5.91 Å². The van der Waals surface area contributed by atoms with Gasteiger partial charge in [-0.25, -0.2) is 0 Å². The van der Waals surface area contributed by atoms with E-state index in [2.05, 4.69) is 31.5 Å². The highest BCUT2D eigenvalue weighted by atomic mass is 79.9. The number of hydrogen-bond donors (Lipinski definition) is 2. The normalized spacial score (nSPS) is 10.3. The minimum Gasteiger partial charge on any atom is -0.326 e. The molecule has 2 N–H and O–H groups in total. The number of pyridine rings is 1. The van der Waals surface area contributed by atoms with Crippen molar-refractivity contribution in [3.8, 4) is 11.3 Å². The number of aromatic nitrogens is 1. The molecule has 27 heavy (non-hydrogen) atoms. The van der Waals surface area contributed by atoms with E-state index in [0.717, 1.165) is 15.7 Å². The van der Waals surface area contributed by atoms with Gasteiger partial charge in [0.1, 0.15) is 0 Å². The molecule has 2 aromatic carbocycles. The molecule has 0 unspecified atom stereocenters. The van der Waals surface area contributed by atoms with Crippen LogP contribution in [0.15, 0.2) is 65.1 Å². The topological polar surface area (TPSA) is 71.1 Å². The zero-order valence-electron chi connectivity index (χ0n) is 14.9. The molecule has 3 rings (SSSR count). The molecule has 0 bridgehead atoms. The Balaban J connectivity index is 1.80. The van der Waals surface area contributed by atoms with Crippen molar-refractivity contribution < 1.29 is 9.59 Å². The summed E-state index contributed by atoms with van der Waals surface area (Å²) in [4.78, 5) is 28.4. The quantitative estimate of drug-likeness (QED) is 0.617. The molecule has 0 saturated carbocycles. The molecule has 6 heteroatoms. The smallest absolute Gasteiger partial charge is 0.257 e. The lowest BCUT2D eigenvalue weighted by Gasteiger charge is -2.10. The number of carbonyl (C=O) groups is 2. The SMILES string of the molecule is CC(=O)Nc1cccc(NC(=O)c2ccc(-c3cccc(Br)c3)nc2C)c1. The first-order valence-corrected chi connectivity index (χ1v) is 9.14. The van der Waals surface area contributed by atoms with Crippen LogP contribution in [0.2, 0.25) is 0 Å². The molecular weight excluding hydrogens is 406 g/mol. The molecule has 136 valence electrons.